The molecule has 1 aliphatic heterocycles. The molecule has 0 radical (unpaired) electrons. The summed E-state index contributed by atoms with van der Waals surface area (Å²) in [6.07, 6.45) is 4.96. The van der Waals surface area contributed by atoms with Gasteiger partial charge in [0.1, 0.15) is 12.8 Å². The first-order valence-corrected chi connectivity index (χ1v) is 18.0. The fourth-order valence-corrected chi connectivity index (χ4v) is 5.65. The van der Waals surface area contributed by atoms with Gasteiger partial charge in [-0.2, -0.15) is 18.4 Å². The number of nitrogens with one attached hydrogen (secondary N) is 2. The third-order valence-electron chi connectivity index (χ3n) is 7.19. The Balaban J connectivity index is 0.000000730. The summed E-state index contributed by atoms with van der Waals surface area (Å²) in [5.41, 5.74) is 4.79. The molecule has 1 amide bonds. The second-order valence-electron chi connectivity index (χ2n) is 11.8. The number of nitriles is 1. The second-order valence-corrected chi connectivity index (χ2v) is 17.4. The quantitative estimate of drug-likeness (QED) is 0.193. The number of allylic oxidation sites excluding steroid dienone is 2. The van der Waals surface area contributed by atoms with Gasteiger partial charge < -0.3 is 19.9 Å². The topological polar surface area (TPSA) is 109 Å². The van der Waals surface area contributed by atoms with Crippen molar-refractivity contribution in [2.24, 2.45) is 0 Å². The summed E-state index contributed by atoms with van der Waals surface area (Å²) < 4.78 is 38.7. The maximum atomic E-state index is 13.4. The minimum absolute atomic E-state index is 0.200. The molecule has 12 heteroatoms. The average molecular weight is 604 g/mol. The molecule has 8 nitrogen and oxygen atoms in total. The van der Waals surface area contributed by atoms with E-state index in [1.807, 2.05) is 6.07 Å². The fourth-order valence-electron chi connectivity index (χ4n) is 4.90. The minimum atomic E-state index is -4.64. The van der Waals surface area contributed by atoms with Gasteiger partial charge in [0, 0.05) is 32.1 Å². The van der Waals surface area contributed by atoms with Crippen molar-refractivity contribution < 1.29 is 27.5 Å². The molecule has 1 aliphatic carbocycles. The van der Waals surface area contributed by atoms with E-state index in [-0.39, 0.29) is 24.2 Å². The van der Waals surface area contributed by atoms with Gasteiger partial charge in [0.05, 0.1) is 0 Å². The van der Waals surface area contributed by atoms with E-state index in [2.05, 4.69) is 59.5 Å². The van der Waals surface area contributed by atoms with Gasteiger partial charge in [0.25, 0.3) is 5.91 Å². The molecule has 42 heavy (non-hydrogen) atoms. The fraction of sp³-hybridized carbons (Fsp3) is 0.533. The van der Waals surface area contributed by atoms with E-state index in [0.717, 1.165) is 56.1 Å². The molecule has 4 rings (SSSR count). The molecule has 1 saturated heterocycles. The van der Waals surface area contributed by atoms with E-state index in [0.29, 0.717) is 12.5 Å². The number of anilines is 1. The zero-order valence-corrected chi connectivity index (χ0v) is 25.5. The maximum absolute atomic E-state index is 13.4. The molecule has 1 fully saturated rings. The van der Waals surface area contributed by atoms with Crippen LogP contribution >= 0.6 is 0 Å². The molecule has 0 unspecified atom stereocenters. The van der Waals surface area contributed by atoms with Crippen LogP contribution in [0, 0.1) is 11.3 Å². The number of ether oxygens (including phenoxy) is 1. The normalized spacial score (nSPS) is 16.1. The Morgan fingerprint density at radius 1 is 1.26 bits per heavy atom. The molecular formula is C30H40F3N5O3Si. The predicted octanol–water partition coefficient (Wildman–Crippen LogP) is 6.49. The maximum Gasteiger partial charge on any atom is 0.446 e. The Hall–Kier alpha value is -3.27. The molecule has 0 saturated carbocycles. The van der Waals surface area contributed by atoms with Gasteiger partial charge in [0.2, 0.25) is 12.1 Å². The SMILES string of the molecule is C[Si](C)(C)CCOCn1cc(C#N)nc1C(=O)Nc1ccc(C2CCNCC2)cc1C1=CCCCC1.O=CC(F)(F)F. The Labute approximate surface area is 246 Å². The third kappa shape index (κ3) is 10.5. The summed E-state index contributed by atoms with van der Waals surface area (Å²) in [6, 6.07) is 9.58. The zero-order chi connectivity index (χ0) is 30.8. The van der Waals surface area contributed by atoms with Gasteiger partial charge >= 0.3 is 6.18 Å². The molecule has 2 aliphatic rings. The summed E-state index contributed by atoms with van der Waals surface area (Å²) >= 11 is 0. The van der Waals surface area contributed by atoms with Gasteiger partial charge in [-0.3, -0.25) is 9.59 Å². The molecule has 0 spiro atoms. The summed E-state index contributed by atoms with van der Waals surface area (Å²) in [4.78, 5) is 26.4. The number of aromatic nitrogens is 2. The molecule has 1 aromatic heterocycles. The number of nitrogens with zero attached hydrogens (tertiary/aromatic N) is 3. The minimum Gasteiger partial charge on any atom is -0.361 e. The van der Waals surface area contributed by atoms with E-state index >= 15 is 0 Å². The molecule has 0 atom stereocenters. The number of benzene rings is 1. The number of carbonyl (C=O) groups is 2. The van der Waals surface area contributed by atoms with E-state index in [1.165, 1.54) is 24.0 Å². The van der Waals surface area contributed by atoms with Crippen molar-refractivity contribution in [2.75, 3.05) is 25.0 Å². The van der Waals surface area contributed by atoms with Gasteiger partial charge in [-0.05, 0) is 86.8 Å². The zero-order valence-electron chi connectivity index (χ0n) is 24.5. The van der Waals surface area contributed by atoms with Crippen molar-refractivity contribution >= 4 is 31.5 Å². The lowest BCUT2D eigenvalue weighted by atomic mass is 9.86. The van der Waals surface area contributed by atoms with Crippen molar-refractivity contribution in [1.82, 2.24) is 14.9 Å². The highest BCUT2D eigenvalue weighted by Crippen LogP contribution is 2.36. The summed E-state index contributed by atoms with van der Waals surface area (Å²) in [6.45, 7) is 9.83. The van der Waals surface area contributed by atoms with Crippen LogP contribution in [0.2, 0.25) is 25.7 Å². The molecule has 1 aromatic carbocycles. The summed E-state index contributed by atoms with van der Waals surface area (Å²) in [5.74, 6) is 0.424. The lowest BCUT2D eigenvalue weighted by molar-refractivity contribution is -0.156. The Morgan fingerprint density at radius 2 is 1.98 bits per heavy atom. The van der Waals surface area contributed by atoms with Crippen LogP contribution in [0.1, 0.15) is 71.9 Å². The van der Waals surface area contributed by atoms with Gasteiger partial charge in [-0.1, -0.05) is 31.8 Å². The average Bonchev–Trinajstić information content (AvgIpc) is 3.39. The van der Waals surface area contributed by atoms with Crippen LogP contribution in [-0.2, 0) is 16.3 Å². The van der Waals surface area contributed by atoms with Crippen LogP contribution in [0.15, 0.2) is 30.5 Å². The summed E-state index contributed by atoms with van der Waals surface area (Å²) in [7, 11) is -1.21. The van der Waals surface area contributed by atoms with Crippen LogP contribution in [0.5, 0.6) is 0 Å². The van der Waals surface area contributed by atoms with Gasteiger partial charge in [-0.15, -0.1) is 0 Å². The number of amides is 1. The predicted molar refractivity (Wildman–Crippen MR) is 159 cm³/mol. The Bertz CT molecular complexity index is 1290. The monoisotopic (exact) mass is 603 g/mol. The number of halogens is 3. The third-order valence-corrected chi connectivity index (χ3v) is 8.90. The summed E-state index contributed by atoms with van der Waals surface area (Å²) in [5, 5.41) is 15.9. The molecule has 0 bridgehead atoms. The highest BCUT2D eigenvalue weighted by atomic mass is 28.3. The first-order chi connectivity index (χ1) is 19.9. The number of hydrogen-bond acceptors (Lipinski definition) is 6. The molecular weight excluding hydrogens is 563 g/mol. The Kier molecular flexibility index (Phi) is 12.1. The number of rotatable bonds is 9. The van der Waals surface area contributed by atoms with E-state index in [9.17, 15) is 23.2 Å². The second kappa shape index (κ2) is 15.3. The van der Waals surface area contributed by atoms with Gasteiger partial charge in [0.15, 0.2) is 5.69 Å². The number of alkyl halides is 3. The molecule has 2 aromatic rings. The Morgan fingerprint density at radius 3 is 2.57 bits per heavy atom. The van der Waals surface area contributed by atoms with Crippen molar-refractivity contribution in [3.8, 4) is 6.07 Å². The number of imidazole rings is 1. The van der Waals surface area contributed by atoms with Crippen LogP contribution in [0.3, 0.4) is 0 Å². The highest BCUT2D eigenvalue weighted by molar-refractivity contribution is 6.76. The van der Waals surface area contributed by atoms with Crippen LogP contribution < -0.4 is 10.6 Å². The first-order valence-electron chi connectivity index (χ1n) is 14.3. The van der Waals surface area contributed by atoms with Crippen LogP contribution in [0.25, 0.3) is 5.57 Å². The van der Waals surface area contributed by atoms with E-state index in [1.54, 1.807) is 10.8 Å². The van der Waals surface area contributed by atoms with Crippen molar-refractivity contribution in [2.45, 2.75) is 83.0 Å². The number of aldehydes is 1. The largest absolute Gasteiger partial charge is 0.446 e. The number of hydrogen-bond donors (Lipinski definition) is 2. The van der Waals surface area contributed by atoms with Crippen molar-refractivity contribution in [3.63, 3.8) is 0 Å². The number of piperidine rings is 1. The lowest BCUT2D eigenvalue weighted by Crippen LogP contribution is -2.26. The number of carbonyl (C=O) groups excluding carboxylic acids is 2. The van der Waals surface area contributed by atoms with E-state index in [4.69, 9.17) is 9.53 Å². The van der Waals surface area contributed by atoms with Gasteiger partial charge in [-0.25, -0.2) is 4.98 Å². The lowest BCUT2D eigenvalue weighted by Gasteiger charge is -2.25. The van der Waals surface area contributed by atoms with Crippen molar-refractivity contribution in [1.29, 1.82) is 5.26 Å². The van der Waals surface area contributed by atoms with Crippen molar-refractivity contribution in [3.05, 3.63) is 53.1 Å². The van der Waals surface area contributed by atoms with Crippen LogP contribution in [-0.4, -0.2) is 55.7 Å². The smallest absolute Gasteiger partial charge is 0.361 e. The molecule has 228 valence electrons. The molecule has 2 heterocycles. The molecule has 2 N–H and O–H groups in total. The van der Waals surface area contributed by atoms with Crippen LogP contribution in [0.4, 0.5) is 18.9 Å². The first kappa shape index (κ1) is 33.2. The highest BCUT2D eigenvalue weighted by Gasteiger charge is 2.25. The van der Waals surface area contributed by atoms with E-state index < -0.39 is 20.5 Å². The standard InChI is InChI=1S/C28H39N5O2Si.C2HF3O/c1-36(2,3)16-15-35-20-33-19-24(18-29)31-27(33)28(34)32-26-10-9-23(21-11-13-30-14-12-21)17-25(26)22-7-5-4-6-8-22;3-2(4,5)1-6/h7,9-10,17,19,21,30H,4-6,8,11-16,20H2,1-3H3,(H,32,34);1H.